The van der Waals surface area contributed by atoms with E-state index in [1.165, 1.54) is 47.2 Å². The highest BCUT2D eigenvalue weighted by atomic mass is 32.2. The Morgan fingerprint density at radius 1 is 1.00 bits per heavy atom. The summed E-state index contributed by atoms with van der Waals surface area (Å²) in [5, 5.41) is 29.7. The average molecular weight is 532 g/mol. The van der Waals surface area contributed by atoms with Gasteiger partial charge in [0.25, 0.3) is 5.78 Å². The van der Waals surface area contributed by atoms with Gasteiger partial charge < -0.3 is 14.9 Å². The number of aromatic nitrogens is 2. The van der Waals surface area contributed by atoms with E-state index in [1.54, 1.807) is 36.4 Å². The summed E-state index contributed by atoms with van der Waals surface area (Å²) in [6.45, 7) is 0. The van der Waals surface area contributed by atoms with Crippen molar-refractivity contribution in [2.45, 2.75) is 16.1 Å². The number of phenolic OH excluding ortho intramolecular Hbond substituents is 1. The molecule has 3 aromatic carbocycles. The van der Waals surface area contributed by atoms with Crippen molar-refractivity contribution in [2.75, 3.05) is 12.0 Å². The predicted octanol–water partition coefficient (Wildman–Crippen LogP) is 5.17. The van der Waals surface area contributed by atoms with Crippen LogP contribution in [0.15, 0.2) is 88.8 Å². The fourth-order valence-corrected chi connectivity index (χ4v) is 5.81. The number of aromatic hydroxyl groups is 1. The van der Waals surface area contributed by atoms with Gasteiger partial charge in [0.1, 0.15) is 17.3 Å². The number of amides is 1. The molecular formula is C27H21N3O5S2. The molecule has 0 aliphatic carbocycles. The summed E-state index contributed by atoms with van der Waals surface area (Å²) in [6.07, 6.45) is 0. The summed E-state index contributed by atoms with van der Waals surface area (Å²) < 4.78 is 5.81. The smallest absolute Gasteiger partial charge is 0.301 e. The second-order valence-corrected chi connectivity index (χ2v) is 10.3. The molecule has 0 bridgehead atoms. The van der Waals surface area contributed by atoms with Crippen molar-refractivity contribution in [3.8, 4) is 11.5 Å². The lowest BCUT2D eigenvalue weighted by molar-refractivity contribution is -0.132. The van der Waals surface area contributed by atoms with E-state index >= 15 is 0 Å². The molecule has 1 aliphatic rings. The third-order valence-corrected chi connectivity index (χ3v) is 7.95. The molecule has 0 radical (unpaired) electrons. The van der Waals surface area contributed by atoms with Crippen LogP contribution >= 0.6 is 23.1 Å². The zero-order valence-electron chi connectivity index (χ0n) is 19.6. The van der Waals surface area contributed by atoms with Crippen LogP contribution in [0.3, 0.4) is 0 Å². The first-order chi connectivity index (χ1) is 18.0. The van der Waals surface area contributed by atoms with Crippen LogP contribution < -0.4 is 9.64 Å². The SMILES string of the molecule is COc1ccc(/C(O)=C2/C(=O)C(=O)N(c3nnc(SCc4ccccc4)s3)C2c2ccc(O)cc2)cc1. The lowest BCUT2D eigenvalue weighted by atomic mass is 9.95. The molecule has 1 unspecified atom stereocenters. The molecule has 37 heavy (non-hydrogen) atoms. The van der Waals surface area contributed by atoms with E-state index in [0.29, 0.717) is 27.0 Å². The highest BCUT2D eigenvalue weighted by Crippen LogP contribution is 2.44. The zero-order chi connectivity index (χ0) is 25.9. The summed E-state index contributed by atoms with van der Waals surface area (Å²) >= 11 is 2.67. The maximum absolute atomic E-state index is 13.3. The molecule has 0 spiro atoms. The number of ketones is 1. The van der Waals surface area contributed by atoms with Gasteiger partial charge in [0.05, 0.1) is 18.7 Å². The topological polar surface area (TPSA) is 113 Å². The normalized spacial score (nSPS) is 16.8. The number of hydrogen-bond acceptors (Lipinski definition) is 9. The number of carbonyl (C=O) groups excluding carboxylic acids is 2. The highest BCUT2D eigenvalue weighted by molar-refractivity contribution is 8.00. The zero-order valence-corrected chi connectivity index (χ0v) is 21.2. The number of aliphatic hydroxyl groups is 1. The molecule has 2 N–H and O–H groups in total. The van der Waals surface area contributed by atoms with Crippen molar-refractivity contribution < 1.29 is 24.5 Å². The second kappa shape index (κ2) is 10.5. The Balaban J connectivity index is 1.54. The van der Waals surface area contributed by atoms with E-state index in [2.05, 4.69) is 10.2 Å². The summed E-state index contributed by atoms with van der Waals surface area (Å²) in [4.78, 5) is 27.8. The van der Waals surface area contributed by atoms with Gasteiger partial charge in [0, 0.05) is 11.3 Å². The fraction of sp³-hybridized carbons (Fsp3) is 0.111. The van der Waals surface area contributed by atoms with Crippen molar-refractivity contribution in [1.29, 1.82) is 0 Å². The lowest BCUT2D eigenvalue weighted by Crippen LogP contribution is -2.29. The molecule has 1 amide bonds. The van der Waals surface area contributed by atoms with Crippen molar-refractivity contribution in [3.63, 3.8) is 0 Å². The van der Waals surface area contributed by atoms with Gasteiger partial charge in [0.15, 0.2) is 4.34 Å². The maximum Gasteiger partial charge on any atom is 0.301 e. The van der Waals surface area contributed by atoms with Gasteiger partial charge in [-0.2, -0.15) is 0 Å². The lowest BCUT2D eigenvalue weighted by Gasteiger charge is -2.22. The van der Waals surface area contributed by atoms with E-state index in [9.17, 15) is 19.8 Å². The second-order valence-electron chi connectivity index (χ2n) is 8.11. The molecule has 1 atom stereocenters. The Kier molecular flexibility index (Phi) is 6.93. The Morgan fingerprint density at radius 3 is 2.38 bits per heavy atom. The van der Waals surface area contributed by atoms with E-state index in [1.807, 2.05) is 30.3 Å². The van der Waals surface area contributed by atoms with E-state index < -0.39 is 17.7 Å². The number of hydrogen-bond donors (Lipinski definition) is 2. The van der Waals surface area contributed by atoms with Gasteiger partial charge in [-0.05, 0) is 47.5 Å². The number of carbonyl (C=O) groups is 2. The number of anilines is 1. The molecule has 186 valence electrons. The van der Waals surface area contributed by atoms with Gasteiger partial charge in [-0.1, -0.05) is 65.6 Å². The first kappa shape index (κ1) is 24.5. The summed E-state index contributed by atoms with van der Waals surface area (Å²) in [7, 11) is 1.53. The number of Topliss-reactive ketones (excluding diaryl/α,β-unsaturated/α-hetero) is 1. The molecule has 5 rings (SSSR count). The van der Waals surface area contributed by atoms with Crippen LogP contribution in [0.2, 0.25) is 0 Å². The van der Waals surface area contributed by atoms with Crippen LogP contribution in [0.5, 0.6) is 11.5 Å². The summed E-state index contributed by atoms with van der Waals surface area (Å²) in [5.41, 5.74) is 1.93. The highest BCUT2D eigenvalue weighted by Gasteiger charge is 2.48. The molecule has 1 aromatic heterocycles. The van der Waals surface area contributed by atoms with E-state index in [4.69, 9.17) is 4.74 Å². The Morgan fingerprint density at radius 2 is 1.70 bits per heavy atom. The van der Waals surface area contributed by atoms with Gasteiger partial charge in [-0.3, -0.25) is 14.5 Å². The molecular weight excluding hydrogens is 510 g/mol. The van der Waals surface area contributed by atoms with Crippen LogP contribution in [0.4, 0.5) is 5.13 Å². The predicted molar refractivity (Wildman–Crippen MR) is 142 cm³/mol. The summed E-state index contributed by atoms with van der Waals surface area (Å²) in [6, 6.07) is 21.6. The van der Waals surface area contributed by atoms with Crippen molar-refractivity contribution >= 4 is 45.7 Å². The average Bonchev–Trinajstić information content (AvgIpc) is 3.50. The van der Waals surface area contributed by atoms with E-state index in [0.717, 1.165) is 5.56 Å². The van der Waals surface area contributed by atoms with Crippen molar-refractivity contribution in [2.24, 2.45) is 0 Å². The Bertz CT molecular complexity index is 1470. The van der Waals surface area contributed by atoms with Crippen LogP contribution in [0.25, 0.3) is 5.76 Å². The first-order valence-corrected chi connectivity index (χ1v) is 13.0. The maximum atomic E-state index is 13.3. The standard InChI is InChI=1S/C27H21N3O5S2/c1-35-20-13-9-18(10-14-20)23(32)21-22(17-7-11-19(31)12-8-17)30(25(34)24(21)33)26-28-29-27(37-26)36-15-16-5-3-2-4-6-16/h2-14,22,31-32H,15H2,1H3/b23-21-. The third kappa shape index (κ3) is 4.93. The number of ether oxygens (including phenoxy) is 1. The van der Waals surface area contributed by atoms with Crippen LogP contribution in [0, 0.1) is 0 Å². The number of benzene rings is 3. The number of methoxy groups -OCH3 is 1. The molecule has 0 saturated carbocycles. The fourth-order valence-electron chi connectivity index (χ4n) is 3.98. The number of aliphatic hydroxyl groups excluding tert-OH is 1. The Hall–Kier alpha value is -4.15. The molecule has 2 heterocycles. The molecule has 1 saturated heterocycles. The van der Waals surface area contributed by atoms with Crippen LogP contribution in [-0.4, -0.2) is 39.2 Å². The van der Waals surface area contributed by atoms with Crippen LogP contribution in [-0.2, 0) is 15.3 Å². The summed E-state index contributed by atoms with van der Waals surface area (Å²) in [5.74, 6) is -0.672. The largest absolute Gasteiger partial charge is 0.508 e. The molecule has 8 nitrogen and oxygen atoms in total. The minimum atomic E-state index is -0.956. The van der Waals surface area contributed by atoms with Gasteiger partial charge in [0.2, 0.25) is 5.13 Å². The van der Waals surface area contributed by atoms with Gasteiger partial charge >= 0.3 is 5.91 Å². The van der Waals surface area contributed by atoms with Crippen molar-refractivity contribution in [3.05, 3.63) is 101 Å². The monoisotopic (exact) mass is 531 g/mol. The minimum absolute atomic E-state index is 0.0337. The van der Waals surface area contributed by atoms with Crippen LogP contribution in [0.1, 0.15) is 22.7 Å². The molecule has 1 fully saturated rings. The molecule has 10 heteroatoms. The quantitative estimate of drug-likeness (QED) is 0.110. The van der Waals surface area contributed by atoms with Crippen molar-refractivity contribution in [1.82, 2.24) is 10.2 Å². The number of phenols is 1. The number of nitrogens with zero attached hydrogens (tertiary/aromatic N) is 3. The minimum Gasteiger partial charge on any atom is -0.508 e. The first-order valence-electron chi connectivity index (χ1n) is 11.2. The molecule has 4 aromatic rings. The molecule has 1 aliphatic heterocycles. The number of rotatable bonds is 7. The Labute approximate surface area is 220 Å². The third-order valence-electron chi connectivity index (χ3n) is 5.82. The number of thioether (sulfide) groups is 1. The van der Waals surface area contributed by atoms with Gasteiger partial charge in [-0.25, -0.2) is 0 Å². The van der Waals surface area contributed by atoms with E-state index in [-0.39, 0.29) is 22.2 Å². The van der Waals surface area contributed by atoms with Gasteiger partial charge in [-0.15, -0.1) is 10.2 Å².